The number of aromatic nitrogens is 2. The molecule has 1 heterocycles. The van der Waals surface area contributed by atoms with E-state index in [2.05, 4.69) is 36.5 Å². The van der Waals surface area contributed by atoms with Crippen LogP contribution in [0.1, 0.15) is 6.92 Å². The van der Waals surface area contributed by atoms with Crippen LogP contribution in [0.5, 0.6) is 0 Å². The van der Waals surface area contributed by atoms with Crippen LogP contribution in [0.3, 0.4) is 0 Å². The summed E-state index contributed by atoms with van der Waals surface area (Å²) in [6.45, 7) is 2.37. The van der Waals surface area contributed by atoms with Crippen LogP contribution in [0, 0.1) is 0 Å². The molecule has 0 saturated heterocycles. The second kappa shape index (κ2) is 11.2. The molecule has 0 atom stereocenters. The van der Waals surface area contributed by atoms with Crippen molar-refractivity contribution in [2.75, 3.05) is 37.4 Å². The molecule has 0 aliphatic rings. The summed E-state index contributed by atoms with van der Waals surface area (Å²) < 4.78 is 5.82. The third-order valence-electron chi connectivity index (χ3n) is 4.45. The smallest absolute Gasteiger partial charge is 0.325 e. The molecule has 8 nitrogen and oxygen atoms in total. The monoisotopic (exact) mass is 497 g/mol. The SMILES string of the molecule is CCOC(=O)CN(C)C(=O)C=CCNc1ccc2ncnc(Nc3cccc(Br)c3)c2c1. The van der Waals surface area contributed by atoms with Crippen LogP contribution in [0.4, 0.5) is 17.2 Å². The van der Waals surface area contributed by atoms with Crippen molar-refractivity contribution in [3.63, 3.8) is 0 Å². The van der Waals surface area contributed by atoms with E-state index in [1.165, 1.54) is 17.3 Å². The van der Waals surface area contributed by atoms with Crippen LogP contribution in [0.2, 0.25) is 0 Å². The molecule has 166 valence electrons. The molecule has 1 aromatic heterocycles. The standard InChI is InChI=1S/C23H24BrN5O3/c1-3-32-22(31)14-29(2)21(30)8-5-11-25-17-9-10-20-19(13-17)23(27-15-26-20)28-18-7-4-6-16(24)12-18/h4-10,12-13,15,25H,3,11,14H2,1-2H3,(H,26,27,28). The predicted octanol–water partition coefficient (Wildman–Crippen LogP) is 4.13. The molecule has 0 aliphatic carbocycles. The summed E-state index contributed by atoms with van der Waals surface area (Å²) in [5, 5.41) is 7.44. The average Bonchev–Trinajstić information content (AvgIpc) is 2.77. The summed E-state index contributed by atoms with van der Waals surface area (Å²) in [5.74, 6) is -0.00383. The van der Waals surface area contributed by atoms with Gasteiger partial charge in [0, 0.05) is 40.9 Å². The Kier molecular flexibility index (Phi) is 8.15. The third kappa shape index (κ3) is 6.52. The summed E-state index contributed by atoms with van der Waals surface area (Å²) in [6.07, 6.45) is 4.66. The van der Waals surface area contributed by atoms with E-state index >= 15 is 0 Å². The molecule has 0 saturated carbocycles. The maximum absolute atomic E-state index is 12.1. The number of carbonyl (C=O) groups is 2. The number of ether oxygens (including phenoxy) is 1. The molecule has 3 aromatic rings. The van der Waals surface area contributed by atoms with E-state index < -0.39 is 5.97 Å². The van der Waals surface area contributed by atoms with Gasteiger partial charge in [-0.15, -0.1) is 0 Å². The Balaban J connectivity index is 1.63. The van der Waals surface area contributed by atoms with Gasteiger partial charge in [-0.3, -0.25) is 9.59 Å². The fraction of sp³-hybridized carbons (Fsp3) is 0.217. The number of carbonyl (C=O) groups excluding carboxylic acids is 2. The van der Waals surface area contributed by atoms with E-state index in [4.69, 9.17) is 4.74 Å². The Morgan fingerprint density at radius 1 is 1.16 bits per heavy atom. The Hall–Kier alpha value is -3.46. The van der Waals surface area contributed by atoms with Crippen LogP contribution in [-0.4, -0.2) is 53.5 Å². The molecule has 0 radical (unpaired) electrons. The number of halogens is 1. The topological polar surface area (TPSA) is 96.5 Å². The second-order valence-electron chi connectivity index (χ2n) is 6.87. The molecule has 32 heavy (non-hydrogen) atoms. The number of amides is 1. The van der Waals surface area contributed by atoms with Crippen molar-refractivity contribution < 1.29 is 14.3 Å². The predicted molar refractivity (Wildman–Crippen MR) is 129 cm³/mol. The summed E-state index contributed by atoms with van der Waals surface area (Å²) in [5.41, 5.74) is 2.59. The quantitative estimate of drug-likeness (QED) is 0.338. The fourth-order valence-corrected chi connectivity index (χ4v) is 3.31. The van der Waals surface area contributed by atoms with Crippen LogP contribution in [0.15, 0.2) is 65.4 Å². The van der Waals surface area contributed by atoms with Gasteiger partial charge in [-0.1, -0.05) is 28.1 Å². The maximum atomic E-state index is 12.1. The van der Waals surface area contributed by atoms with Crippen molar-refractivity contribution in [1.82, 2.24) is 14.9 Å². The van der Waals surface area contributed by atoms with E-state index in [1.807, 2.05) is 42.5 Å². The summed E-state index contributed by atoms with van der Waals surface area (Å²) in [6, 6.07) is 13.6. The Labute approximate surface area is 194 Å². The molecular weight excluding hydrogens is 474 g/mol. The molecule has 9 heteroatoms. The lowest BCUT2D eigenvalue weighted by atomic mass is 10.2. The van der Waals surface area contributed by atoms with Gasteiger partial charge in [0.25, 0.3) is 0 Å². The number of hydrogen-bond acceptors (Lipinski definition) is 7. The molecule has 3 rings (SSSR count). The van der Waals surface area contributed by atoms with Crippen molar-refractivity contribution in [2.45, 2.75) is 6.92 Å². The van der Waals surface area contributed by atoms with Gasteiger partial charge in [0.2, 0.25) is 5.91 Å². The lowest BCUT2D eigenvalue weighted by Crippen LogP contribution is -2.31. The van der Waals surface area contributed by atoms with E-state index in [1.54, 1.807) is 20.0 Å². The molecular formula is C23H24BrN5O3. The Bertz CT molecular complexity index is 1140. The second-order valence-corrected chi connectivity index (χ2v) is 7.79. The number of nitrogens with zero attached hydrogens (tertiary/aromatic N) is 3. The third-order valence-corrected chi connectivity index (χ3v) is 4.95. The van der Waals surface area contributed by atoms with Crippen molar-refractivity contribution >= 4 is 55.9 Å². The van der Waals surface area contributed by atoms with Crippen molar-refractivity contribution in [3.05, 3.63) is 65.4 Å². The Morgan fingerprint density at radius 3 is 2.78 bits per heavy atom. The van der Waals surface area contributed by atoms with Crippen LogP contribution >= 0.6 is 15.9 Å². The highest BCUT2D eigenvalue weighted by atomic mass is 79.9. The molecule has 2 N–H and O–H groups in total. The van der Waals surface area contributed by atoms with Crippen LogP contribution in [0.25, 0.3) is 10.9 Å². The molecule has 0 bridgehead atoms. The highest BCUT2D eigenvalue weighted by molar-refractivity contribution is 9.10. The lowest BCUT2D eigenvalue weighted by Gasteiger charge is -2.13. The van der Waals surface area contributed by atoms with Gasteiger partial charge in [-0.05, 0) is 43.3 Å². The average molecular weight is 498 g/mol. The van der Waals surface area contributed by atoms with Gasteiger partial charge in [0.1, 0.15) is 18.7 Å². The number of anilines is 3. The lowest BCUT2D eigenvalue weighted by molar-refractivity contribution is -0.147. The maximum Gasteiger partial charge on any atom is 0.325 e. The highest BCUT2D eigenvalue weighted by Gasteiger charge is 2.10. The normalized spacial score (nSPS) is 10.8. The first-order valence-electron chi connectivity index (χ1n) is 10.0. The van der Waals surface area contributed by atoms with Crippen molar-refractivity contribution in [1.29, 1.82) is 0 Å². The van der Waals surface area contributed by atoms with Gasteiger partial charge in [-0.2, -0.15) is 0 Å². The van der Waals surface area contributed by atoms with Gasteiger partial charge >= 0.3 is 5.97 Å². The van der Waals surface area contributed by atoms with Crippen LogP contribution in [-0.2, 0) is 14.3 Å². The van der Waals surface area contributed by atoms with E-state index in [0.29, 0.717) is 12.4 Å². The Morgan fingerprint density at radius 2 is 2.00 bits per heavy atom. The molecule has 0 fully saturated rings. The first-order valence-corrected chi connectivity index (χ1v) is 10.8. The van der Waals surface area contributed by atoms with Gasteiger partial charge in [0.15, 0.2) is 0 Å². The van der Waals surface area contributed by atoms with Gasteiger partial charge < -0.3 is 20.3 Å². The minimum absolute atomic E-state index is 0.0805. The minimum atomic E-state index is -0.430. The first-order chi connectivity index (χ1) is 15.5. The van der Waals surface area contributed by atoms with E-state index in [-0.39, 0.29) is 19.1 Å². The van der Waals surface area contributed by atoms with Crippen LogP contribution < -0.4 is 10.6 Å². The molecule has 0 aliphatic heterocycles. The van der Waals surface area contributed by atoms with Gasteiger partial charge in [-0.25, -0.2) is 9.97 Å². The zero-order valence-corrected chi connectivity index (χ0v) is 19.4. The number of nitrogens with one attached hydrogen (secondary N) is 2. The number of benzene rings is 2. The van der Waals surface area contributed by atoms with Crippen molar-refractivity contribution in [3.8, 4) is 0 Å². The summed E-state index contributed by atoms with van der Waals surface area (Å²) >= 11 is 3.47. The van der Waals surface area contributed by atoms with Gasteiger partial charge in [0.05, 0.1) is 12.1 Å². The largest absolute Gasteiger partial charge is 0.465 e. The number of hydrogen-bond donors (Lipinski definition) is 2. The van der Waals surface area contributed by atoms with E-state index in [9.17, 15) is 9.59 Å². The zero-order chi connectivity index (χ0) is 22.9. The molecule has 2 aromatic carbocycles. The number of esters is 1. The summed E-state index contributed by atoms with van der Waals surface area (Å²) in [4.78, 5) is 33.6. The summed E-state index contributed by atoms with van der Waals surface area (Å²) in [7, 11) is 1.56. The zero-order valence-electron chi connectivity index (χ0n) is 17.8. The minimum Gasteiger partial charge on any atom is -0.465 e. The fourth-order valence-electron chi connectivity index (χ4n) is 2.91. The molecule has 1 amide bonds. The molecule has 0 unspecified atom stereocenters. The first kappa shape index (κ1) is 23.2. The van der Waals surface area contributed by atoms with E-state index in [0.717, 1.165) is 26.8 Å². The number of fused-ring (bicyclic) bond motifs is 1. The van der Waals surface area contributed by atoms with Crippen molar-refractivity contribution in [2.24, 2.45) is 0 Å². The number of rotatable bonds is 9. The highest BCUT2D eigenvalue weighted by Crippen LogP contribution is 2.26. The molecule has 0 spiro atoms. The number of likely N-dealkylation sites (N-methyl/N-ethyl adjacent to an activating group) is 1.